The molecule has 2 rings (SSSR count). The Hall–Kier alpha value is -1.94. The number of carboxylic acids is 1. The van der Waals surface area contributed by atoms with Crippen molar-refractivity contribution in [1.82, 2.24) is 9.97 Å². The summed E-state index contributed by atoms with van der Waals surface area (Å²) in [6.45, 7) is 6.35. The molecule has 1 heterocycles. The summed E-state index contributed by atoms with van der Waals surface area (Å²) in [4.78, 5) is 21.0. The molecule has 0 saturated carbocycles. The molecule has 0 amide bonds. The van der Waals surface area contributed by atoms with Crippen LogP contribution < -0.4 is 0 Å². The summed E-state index contributed by atoms with van der Waals surface area (Å²) in [6.07, 6.45) is 15.8. The van der Waals surface area contributed by atoms with Crippen LogP contribution in [0.2, 0.25) is 0 Å². The average molecular weight is 459 g/mol. The van der Waals surface area contributed by atoms with Crippen molar-refractivity contribution in [2.24, 2.45) is 5.92 Å². The molecular formula is C27H39ClN2O2. The molecule has 5 heteroatoms. The summed E-state index contributed by atoms with van der Waals surface area (Å²) in [7, 11) is 0. The highest BCUT2D eigenvalue weighted by atomic mass is 35.5. The van der Waals surface area contributed by atoms with Gasteiger partial charge in [0.05, 0.1) is 11.3 Å². The Balaban J connectivity index is 1.94. The van der Waals surface area contributed by atoms with E-state index in [0.29, 0.717) is 5.82 Å². The zero-order valence-electron chi connectivity index (χ0n) is 19.9. The van der Waals surface area contributed by atoms with Crippen molar-refractivity contribution in [3.05, 3.63) is 47.8 Å². The summed E-state index contributed by atoms with van der Waals surface area (Å²) >= 11 is 6.56. The molecule has 0 saturated heterocycles. The third kappa shape index (κ3) is 8.20. The molecule has 0 aliphatic carbocycles. The number of halogens is 1. The lowest BCUT2D eigenvalue weighted by Crippen LogP contribution is -2.27. The maximum atomic E-state index is 11.9. The number of hydrogen-bond acceptors (Lipinski definition) is 3. The number of nitrogens with zero attached hydrogens (tertiary/aromatic N) is 2. The molecule has 4 nitrogen and oxygen atoms in total. The van der Waals surface area contributed by atoms with Gasteiger partial charge in [0.25, 0.3) is 0 Å². The summed E-state index contributed by atoms with van der Waals surface area (Å²) in [5.41, 5.74) is 2.77. The minimum absolute atomic E-state index is 0.134. The van der Waals surface area contributed by atoms with Gasteiger partial charge < -0.3 is 5.11 Å². The largest absolute Gasteiger partial charge is 0.481 e. The number of hydrogen-bond donors (Lipinski definition) is 1. The first-order valence-electron chi connectivity index (χ1n) is 12.3. The van der Waals surface area contributed by atoms with Gasteiger partial charge in [0.15, 0.2) is 5.82 Å². The molecule has 0 aliphatic rings. The van der Waals surface area contributed by atoms with Crippen LogP contribution in [0.25, 0.3) is 11.4 Å². The molecule has 0 fully saturated rings. The molecule has 176 valence electrons. The molecule has 0 aliphatic heterocycles. The van der Waals surface area contributed by atoms with Crippen LogP contribution in [0.5, 0.6) is 0 Å². The topological polar surface area (TPSA) is 63.1 Å². The van der Waals surface area contributed by atoms with Crippen LogP contribution in [-0.2, 0) is 11.2 Å². The van der Waals surface area contributed by atoms with E-state index in [2.05, 4.69) is 23.8 Å². The van der Waals surface area contributed by atoms with E-state index in [4.69, 9.17) is 11.6 Å². The van der Waals surface area contributed by atoms with E-state index in [1.807, 2.05) is 43.6 Å². The lowest BCUT2D eigenvalue weighted by atomic mass is 9.86. The monoisotopic (exact) mass is 458 g/mol. The first-order valence-corrected chi connectivity index (χ1v) is 12.7. The maximum absolute atomic E-state index is 11.9. The van der Waals surface area contributed by atoms with Crippen molar-refractivity contribution >= 4 is 17.6 Å². The molecule has 1 aromatic heterocycles. The van der Waals surface area contributed by atoms with Gasteiger partial charge in [0.2, 0.25) is 0 Å². The predicted octanol–water partition coefficient (Wildman–Crippen LogP) is 7.65. The SMILES string of the molecule is CCCCCCCCCc1cnc(-c2ccc(C(C(=O)O)C(Cl)C(C)CCC)cc2)nc1. The number of aliphatic carboxylic acids is 1. The van der Waals surface area contributed by atoms with Gasteiger partial charge in [-0.15, -0.1) is 11.6 Å². The van der Waals surface area contributed by atoms with Crippen LogP contribution in [0.15, 0.2) is 36.7 Å². The molecular weight excluding hydrogens is 420 g/mol. The van der Waals surface area contributed by atoms with E-state index in [-0.39, 0.29) is 5.92 Å². The molecule has 0 bridgehead atoms. The van der Waals surface area contributed by atoms with Crippen LogP contribution in [-0.4, -0.2) is 26.4 Å². The molecule has 0 spiro atoms. The van der Waals surface area contributed by atoms with E-state index >= 15 is 0 Å². The summed E-state index contributed by atoms with van der Waals surface area (Å²) < 4.78 is 0. The quantitative estimate of drug-likeness (QED) is 0.220. The first-order chi connectivity index (χ1) is 15.5. The van der Waals surface area contributed by atoms with Gasteiger partial charge in [-0.3, -0.25) is 4.79 Å². The normalized spacial score (nSPS) is 14.1. The fourth-order valence-corrected chi connectivity index (χ4v) is 4.54. The molecule has 3 atom stereocenters. The van der Waals surface area contributed by atoms with Crippen molar-refractivity contribution in [2.75, 3.05) is 0 Å². The highest BCUT2D eigenvalue weighted by Gasteiger charge is 2.31. The number of aromatic nitrogens is 2. The Morgan fingerprint density at radius 3 is 2.09 bits per heavy atom. The van der Waals surface area contributed by atoms with Gasteiger partial charge >= 0.3 is 5.97 Å². The highest BCUT2D eigenvalue weighted by molar-refractivity contribution is 6.22. The smallest absolute Gasteiger partial charge is 0.312 e. The van der Waals surface area contributed by atoms with Crippen LogP contribution in [0.3, 0.4) is 0 Å². The summed E-state index contributed by atoms with van der Waals surface area (Å²) in [5, 5.41) is 9.32. The molecule has 2 aromatic rings. The number of carbonyl (C=O) groups is 1. The zero-order valence-corrected chi connectivity index (χ0v) is 20.7. The number of carboxylic acid groups (broad SMARTS) is 1. The number of aryl methyl sites for hydroxylation is 1. The minimum Gasteiger partial charge on any atom is -0.481 e. The third-order valence-electron chi connectivity index (χ3n) is 6.17. The Kier molecular flexibility index (Phi) is 11.7. The van der Waals surface area contributed by atoms with Crippen molar-refractivity contribution < 1.29 is 9.90 Å². The third-order valence-corrected chi connectivity index (χ3v) is 6.86. The first kappa shape index (κ1) is 26.3. The molecule has 1 N–H and O–H groups in total. The van der Waals surface area contributed by atoms with E-state index in [1.165, 1.54) is 50.5 Å². The van der Waals surface area contributed by atoms with Crippen LogP contribution >= 0.6 is 11.6 Å². The van der Waals surface area contributed by atoms with Crippen molar-refractivity contribution in [1.29, 1.82) is 0 Å². The Bertz CT molecular complexity index is 792. The van der Waals surface area contributed by atoms with Crippen molar-refractivity contribution in [3.63, 3.8) is 0 Å². The Labute approximate surface area is 198 Å². The van der Waals surface area contributed by atoms with Gasteiger partial charge in [-0.1, -0.05) is 90.0 Å². The van der Waals surface area contributed by atoms with E-state index in [0.717, 1.165) is 30.4 Å². The van der Waals surface area contributed by atoms with E-state index < -0.39 is 17.3 Å². The van der Waals surface area contributed by atoms with Crippen molar-refractivity contribution in [3.8, 4) is 11.4 Å². The van der Waals surface area contributed by atoms with E-state index in [1.54, 1.807) is 0 Å². The number of benzene rings is 1. The number of unbranched alkanes of at least 4 members (excludes halogenated alkanes) is 6. The van der Waals surface area contributed by atoms with Gasteiger partial charge in [-0.05, 0) is 36.3 Å². The van der Waals surface area contributed by atoms with Crippen LogP contribution in [0, 0.1) is 5.92 Å². The molecule has 1 aromatic carbocycles. The van der Waals surface area contributed by atoms with Crippen molar-refractivity contribution in [2.45, 2.75) is 96.3 Å². The van der Waals surface area contributed by atoms with Gasteiger partial charge in [0, 0.05) is 18.0 Å². The Morgan fingerprint density at radius 2 is 1.53 bits per heavy atom. The maximum Gasteiger partial charge on any atom is 0.312 e. The molecule has 0 radical (unpaired) electrons. The van der Waals surface area contributed by atoms with Crippen LogP contribution in [0.4, 0.5) is 0 Å². The average Bonchev–Trinajstić information content (AvgIpc) is 2.79. The zero-order chi connectivity index (χ0) is 23.3. The van der Waals surface area contributed by atoms with Crippen LogP contribution in [0.1, 0.15) is 95.6 Å². The van der Waals surface area contributed by atoms with E-state index in [9.17, 15) is 9.90 Å². The lowest BCUT2D eigenvalue weighted by molar-refractivity contribution is -0.139. The predicted molar refractivity (Wildman–Crippen MR) is 133 cm³/mol. The molecule has 32 heavy (non-hydrogen) atoms. The summed E-state index contributed by atoms with van der Waals surface area (Å²) in [5.74, 6) is -0.813. The molecule has 3 unspecified atom stereocenters. The standard InChI is InChI=1S/C27H39ClN2O2/c1-4-6-7-8-9-10-11-13-21-18-29-26(30-19-21)23-16-14-22(15-17-23)24(27(31)32)25(28)20(3)12-5-2/h14-20,24-25H,4-13H2,1-3H3,(H,31,32). The second-order valence-corrected chi connectivity index (χ2v) is 9.44. The Morgan fingerprint density at radius 1 is 0.938 bits per heavy atom. The fraction of sp³-hybridized carbons (Fsp3) is 0.593. The second-order valence-electron chi connectivity index (χ2n) is 8.93. The fourth-order valence-electron chi connectivity index (χ4n) is 4.16. The minimum atomic E-state index is -0.883. The highest BCUT2D eigenvalue weighted by Crippen LogP contribution is 2.32. The number of alkyl halides is 1. The van der Waals surface area contributed by atoms with Gasteiger partial charge in [-0.2, -0.15) is 0 Å². The second kappa shape index (κ2) is 14.3. The number of rotatable bonds is 15. The lowest BCUT2D eigenvalue weighted by Gasteiger charge is -2.24. The van der Waals surface area contributed by atoms with Gasteiger partial charge in [0.1, 0.15) is 0 Å². The van der Waals surface area contributed by atoms with Gasteiger partial charge in [-0.25, -0.2) is 9.97 Å². The summed E-state index contributed by atoms with van der Waals surface area (Å²) in [6, 6.07) is 7.48.